The molecule has 2 aromatic carbocycles. The summed E-state index contributed by atoms with van der Waals surface area (Å²) in [4.78, 5) is 12.5. The highest BCUT2D eigenvalue weighted by molar-refractivity contribution is 5.58. The van der Waals surface area contributed by atoms with E-state index in [1.165, 1.54) is 56.7 Å². The second-order valence-corrected chi connectivity index (χ2v) is 10.4. The summed E-state index contributed by atoms with van der Waals surface area (Å²) in [6.45, 7) is 5.26. The number of non-ortho nitro benzene ring substituents is 1. The summed E-state index contributed by atoms with van der Waals surface area (Å²) in [6, 6.07) is 13.2. The lowest BCUT2D eigenvalue weighted by Gasteiger charge is -2.29. The van der Waals surface area contributed by atoms with Crippen molar-refractivity contribution in [1.82, 2.24) is 0 Å². The number of nitro groups is 1. The molecule has 0 saturated heterocycles. The first-order chi connectivity index (χ1) is 19.4. The molecule has 0 fully saturated rings. The Bertz CT molecular complexity index is 1060. The van der Waals surface area contributed by atoms with Crippen LogP contribution in [-0.2, 0) is 0 Å². The molecule has 2 rings (SSSR count). The van der Waals surface area contributed by atoms with E-state index in [0.29, 0.717) is 18.8 Å². The Labute approximate surface area is 238 Å². The molecule has 0 saturated carbocycles. The predicted octanol–water partition coefficient (Wildman–Crippen LogP) is 8.13. The first kappa shape index (κ1) is 32.9. The molecule has 0 bridgehead atoms. The Morgan fingerprint density at radius 2 is 1.40 bits per heavy atom. The van der Waals surface area contributed by atoms with Gasteiger partial charge in [-0.15, -0.1) is 5.11 Å². The number of aliphatic hydroxyl groups is 2. The van der Waals surface area contributed by atoms with Crippen LogP contribution in [-0.4, -0.2) is 40.4 Å². The second kappa shape index (κ2) is 18.9. The number of rotatable bonds is 20. The molecule has 0 amide bonds. The third kappa shape index (κ3) is 12.2. The number of unbranched alkanes of at least 4 members (excludes halogenated alkanes) is 8. The van der Waals surface area contributed by atoms with Crippen LogP contribution in [0.15, 0.2) is 52.7 Å². The van der Waals surface area contributed by atoms with Crippen LogP contribution < -0.4 is 4.90 Å². The maximum Gasteiger partial charge on any atom is 0.270 e. The van der Waals surface area contributed by atoms with Crippen LogP contribution >= 0.6 is 0 Å². The van der Waals surface area contributed by atoms with Crippen LogP contribution in [0.2, 0.25) is 0 Å². The number of benzene rings is 2. The number of anilines is 1. The van der Waals surface area contributed by atoms with Crippen LogP contribution in [0.25, 0.3) is 0 Å². The molecule has 40 heavy (non-hydrogen) atoms. The van der Waals surface area contributed by atoms with Gasteiger partial charge in [0.25, 0.3) is 5.69 Å². The van der Waals surface area contributed by atoms with Crippen LogP contribution in [0, 0.1) is 21.4 Å². The summed E-state index contributed by atoms with van der Waals surface area (Å²) in [7, 11) is 0. The van der Waals surface area contributed by atoms with Gasteiger partial charge >= 0.3 is 0 Å². The van der Waals surface area contributed by atoms with Crippen molar-refractivity contribution in [3.63, 3.8) is 0 Å². The number of nitriles is 1. The van der Waals surface area contributed by atoms with Crippen molar-refractivity contribution in [3.05, 3.63) is 58.1 Å². The van der Waals surface area contributed by atoms with Crippen LogP contribution in [0.3, 0.4) is 0 Å². The summed E-state index contributed by atoms with van der Waals surface area (Å²) >= 11 is 0. The topological polar surface area (TPSA) is 135 Å². The molecule has 0 spiro atoms. The van der Waals surface area contributed by atoms with Crippen LogP contribution in [0.4, 0.5) is 22.7 Å². The van der Waals surface area contributed by atoms with E-state index >= 15 is 0 Å². The predicted molar refractivity (Wildman–Crippen MR) is 159 cm³/mol. The molecule has 9 nitrogen and oxygen atoms in total. The second-order valence-electron chi connectivity index (χ2n) is 10.4. The number of nitro benzene ring substituents is 1. The maximum absolute atomic E-state index is 11.0. The van der Waals surface area contributed by atoms with E-state index in [9.17, 15) is 25.6 Å². The Balaban J connectivity index is 2.08. The van der Waals surface area contributed by atoms with E-state index in [0.717, 1.165) is 44.2 Å². The number of azo groups is 1. The Hall–Kier alpha value is -3.35. The zero-order chi connectivity index (χ0) is 29.2. The fourth-order valence-electron chi connectivity index (χ4n) is 4.60. The van der Waals surface area contributed by atoms with Gasteiger partial charge in [-0.05, 0) is 43.2 Å². The summed E-state index contributed by atoms with van der Waals surface area (Å²) in [5.41, 5.74) is 1.59. The molecule has 0 aliphatic rings. The van der Waals surface area contributed by atoms with Crippen molar-refractivity contribution < 1.29 is 15.1 Å². The third-order valence-corrected chi connectivity index (χ3v) is 6.94. The quantitative estimate of drug-likeness (QED) is 0.0738. The van der Waals surface area contributed by atoms with E-state index in [1.807, 2.05) is 23.1 Å². The first-order valence-corrected chi connectivity index (χ1v) is 14.7. The molecule has 0 heterocycles. The molecule has 2 unspecified atom stereocenters. The van der Waals surface area contributed by atoms with Gasteiger partial charge in [0.15, 0.2) is 0 Å². The molecule has 0 aromatic heterocycles. The molecule has 0 aliphatic heterocycles. The minimum absolute atomic E-state index is 0.0770. The summed E-state index contributed by atoms with van der Waals surface area (Å²) in [5, 5.41) is 50.1. The number of nitrogens with zero attached hydrogens (tertiary/aromatic N) is 5. The smallest absolute Gasteiger partial charge is 0.270 e. The monoisotopic (exact) mass is 551 g/mol. The highest BCUT2D eigenvalue weighted by atomic mass is 16.6. The van der Waals surface area contributed by atoms with Crippen molar-refractivity contribution in [2.24, 2.45) is 10.2 Å². The van der Waals surface area contributed by atoms with Gasteiger partial charge in [-0.25, -0.2) is 0 Å². The van der Waals surface area contributed by atoms with E-state index in [1.54, 1.807) is 12.1 Å². The fraction of sp³-hybridized carbons (Fsp3) is 0.581. The molecule has 0 aliphatic carbocycles. The summed E-state index contributed by atoms with van der Waals surface area (Å²) in [6.07, 6.45) is 11.9. The lowest BCUT2D eigenvalue weighted by molar-refractivity contribution is -0.384. The van der Waals surface area contributed by atoms with E-state index in [-0.39, 0.29) is 16.9 Å². The largest absolute Gasteiger partial charge is 0.391 e. The molecule has 218 valence electrons. The average Bonchev–Trinajstić information content (AvgIpc) is 2.95. The minimum atomic E-state index is -0.557. The number of aliphatic hydroxyl groups excluding tert-OH is 2. The molecule has 9 heteroatoms. The van der Waals surface area contributed by atoms with Crippen molar-refractivity contribution in [2.75, 3.05) is 18.0 Å². The standard InChI is InChI=1S/C31H45N5O4/c1-3-5-7-9-11-13-29(37)23-35(24-30(38)14-12-10-8-6-4-2)27-17-15-26(16-18-27)33-34-31-20-19-28(36(39)40)21-25(31)22-32/h15-21,29-30,37-38H,3-14,23-24H2,1-2H3/b34-33+. The van der Waals surface area contributed by atoms with Gasteiger partial charge in [-0.2, -0.15) is 10.4 Å². The Morgan fingerprint density at radius 3 is 1.90 bits per heavy atom. The Kier molecular flexibility index (Phi) is 15.5. The zero-order valence-corrected chi connectivity index (χ0v) is 24.0. The van der Waals surface area contributed by atoms with Crippen LogP contribution in [0.5, 0.6) is 0 Å². The fourth-order valence-corrected chi connectivity index (χ4v) is 4.60. The van der Waals surface area contributed by atoms with Gasteiger partial charge in [-0.1, -0.05) is 78.1 Å². The van der Waals surface area contributed by atoms with E-state index < -0.39 is 17.1 Å². The molecule has 2 N–H and O–H groups in total. The van der Waals surface area contributed by atoms with Crippen molar-refractivity contribution >= 4 is 22.7 Å². The minimum Gasteiger partial charge on any atom is -0.391 e. The van der Waals surface area contributed by atoms with Crippen molar-refractivity contribution in [3.8, 4) is 6.07 Å². The van der Waals surface area contributed by atoms with Gasteiger partial charge in [0, 0.05) is 30.9 Å². The van der Waals surface area contributed by atoms with Gasteiger partial charge in [0.05, 0.1) is 28.4 Å². The highest BCUT2D eigenvalue weighted by Gasteiger charge is 2.17. The average molecular weight is 552 g/mol. The Morgan fingerprint density at radius 1 is 0.850 bits per heavy atom. The van der Waals surface area contributed by atoms with Gasteiger partial charge in [0.1, 0.15) is 11.8 Å². The third-order valence-electron chi connectivity index (χ3n) is 6.94. The molecule has 2 atom stereocenters. The van der Waals surface area contributed by atoms with Crippen molar-refractivity contribution in [1.29, 1.82) is 5.26 Å². The zero-order valence-electron chi connectivity index (χ0n) is 24.0. The van der Waals surface area contributed by atoms with Crippen molar-refractivity contribution in [2.45, 2.75) is 103 Å². The molecule has 0 radical (unpaired) electrons. The van der Waals surface area contributed by atoms with Crippen LogP contribution in [0.1, 0.15) is 96.5 Å². The number of hydrogen-bond donors (Lipinski definition) is 2. The van der Waals surface area contributed by atoms with E-state index in [4.69, 9.17) is 0 Å². The molecule has 2 aromatic rings. The SMILES string of the molecule is CCCCCCCC(O)CN(CC(O)CCCCCCC)c1ccc(/N=N/c2ccc([N+](=O)[O-])cc2C#N)cc1. The van der Waals surface area contributed by atoms with Gasteiger partial charge in [0.2, 0.25) is 0 Å². The maximum atomic E-state index is 11.0. The summed E-state index contributed by atoms with van der Waals surface area (Å²) in [5.74, 6) is 0. The summed E-state index contributed by atoms with van der Waals surface area (Å²) < 4.78 is 0. The first-order valence-electron chi connectivity index (χ1n) is 14.7. The number of hydrogen-bond acceptors (Lipinski definition) is 8. The lowest BCUT2D eigenvalue weighted by Crippen LogP contribution is -2.38. The lowest BCUT2D eigenvalue weighted by atomic mass is 10.1. The molecular weight excluding hydrogens is 506 g/mol. The highest BCUT2D eigenvalue weighted by Crippen LogP contribution is 2.27. The van der Waals surface area contributed by atoms with Gasteiger partial charge < -0.3 is 15.1 Å². The molecular formula is C31H45N5O4. The van der Waals surface area contributed by atoms with E-state index in [2.05, 4.69) is 24.1 Å². The normalized spacial score (nSPS) is 12.8. The van der Waals surface area contributed by atoms with Gasteiger partial charge in [-0.3, -0.25) is 10.1 Å².